The molecule has 0 amide bonds. The fourth-order valence-electron chi connectivity index (χ4n) is 7.87. The molecule has 0 spiro atoms. The molecule has 0 saturated carbocycles. The molecule has 0 aliphatic carbocycles. The molecule has 0 saturated heterocycles. The number of hydrogen-bond donors (Lipinski definition) is 0. The molecule has 52 heavy (non-hydrogen) atoms. The molecule has 0 bridgehead atoms. The Morgan fingerprint density at radius 3 is 1.63 bits per heavy atom. The molecule has 0 aliphatic rings. The van der Waals surface area contributed by atoms with Gasteiger partial charge in [0.2, 0.25) is 0 Å². The summed E-state index contributed by atoms with van der Waals surface area (Å²) in [6, 6.07) is 71.6. The van der Waals surface area contributed by atoms with Crippen LogP contribution < -0.4 is 4.90 Å². The minimum absolute atomic E-state index is 0.873. The van der Waals surface area contributed by atoms with E-state index in [1.165, 1.54) is 43.8 Å². The molecule has 1 aromatic heterocycles. The molecule has 2 nitrogen and oxygen atoms in total. The van der Waals surface area contributed by atoms with Gasteiger partial charge in [0, 0.05) is 22.0 Å². The molecule has 10 rings (SSSR count). The lowest BCUT2D eigenvalue weighted by Gasteiger charge is -2.28. The first kappa shape index (κ1) is 30.0. The van der Waals surface area contributed by atoms with Crippen molar-refractivity contribution in [3.63, 3.8) is 0 Å². The summed E-state index contributed by atoms with van der Waals surface area (Å²) < 4.78 is 6.76. The Hall–Kier alpha value is -6.90. The number of anilines is 3. The summed E-state index contributed by atoms with van der Waals surface area (Å²) >= 11 is 0. The zero-order valence-corrected chi connectivity index (χ0v) is 28.4. The maximum Gasteiger partial charge on any atom is 0.145 e. The number of hydrogen-bond acceptors (Lipinski definition) is 2. The van der Waals surface area contributed by atoms with Crippen molar-refractivity contribution >= 4 is 60.5 Å². The Balaban J connectivity index is 1.25. The summed E-state index contributed by atoms with van der Waals surface area (Å²) in [6.45, 7) is 0. The molecular formula is C50H33NO. The van der Waals surface area contributed by atoms with Crippen LogP contribution in [0.3, 0.4) is 0 Å². The van der Waals surface area contributed by atoms with Gasteiger partial charge in [0.25, 0.3) is 0 Å². The number of para-hydroxylation sites is 1. The molecule has 0 aliphatic heterocycles. The summed E-state index contributed by atoms with van der Waals surface area (Å²) in [4.78, 5) is 2.43. The van der Waals surface area contributed by atoms with Crippen LogP contribution in [0.4, 0.5) is 17.1 Å². The topological polar surface area (TPSA) is 16.4 Å². The Kier molecular flexibility index (Phi) is 7.18. The number of fused-ring (bicyclic) bond motifs is 6. The van der Waals surface area contributed by atoms with Crippen LogP contribution in [0.5, 0.6) is 0 Å². The highest BCUT2D eigenvalue weighted by Gasteiger charge is 2.24. The Bertz CT molecular complexity index is 2890. The van der Waals surface area contributed by atoms with Crippen molar-refractivity contribution in [3.8, 4) is 33.4 Å². The maximum atomic E-state index is 6.76. The van der Waals surface area contributed by atoms with Gasteiger partial charge in [-0.15, -0.1) is 0 Å². The van der Waals surface area contributed by atoms with E-state index in [9.17, 15) is 0 Å². The number of rotatable bonds is 6. The summed E-state index contributed by atoms with van der Waals surface area (Å²) in [7, 11) is 0. The third-order valence-corrected chi connectivity index (χ3v) is 10.3. The molecule has 9 aromatic carbocycles. The van der Waals surface area contributed by atoms with Crippen molar-refractivity contribution < 1.29 is 4.42 Å². The van der Waals surface area contributed by atoms with E-state index in [0.29, 0.717) is 0 Å². The van der Waals surface area contributed by atoms with Gasteiger partial charge in [0.05, 0.1) is 16.8 Å². The largest absolute Gasteiger partial charge is 0.455 e. The van der Waals surface area contributed by atoms with Gasteiger partial charge in [-0.2, -0.15) is 0 Å². The molecule has 0 fully saturated rings. The van der Waals surface area contributed by atoms with Gasteiger partial charge < -0.3 is 9.32 Å². The van der Waals surface area contributed by atoms with Crippen molar-refractivity contribution in [1.29, 1.82) is 0 Å². The second-order valence-electron chi connectivity index (χ2n) is 13.3. The quantitative estimate of drug-likeness (QED) is 0.165. The summed E-state index contributed by atoms with van der Waals surface area (Å²) in [5.74, 6) is 0. The van der Waals surface area contributed by atoms with Crippen molar-refractivity contribution in [2.75, 3.05) is 4.90 Å². The van der Waals surface area contributed by atoms with Crippen LogP contribution in [0.15, 0.2) is 205 Å². The van der Waals surface area contributed by atoms with E-state index >= 15 is 0 Å². The molecule has 0 unspecified atom stereocenters. The summed E-state index contributed by atoms with van der Waals surface area (Å²) in [5.41, 5.74) is 12.0. The lowest BCUT2D eigenvalue weighted by molar-refractivity contribution is 0.670. The molecule has 2 heteroatoms. The third kappa shape index (κ3) is 4.96. The zero-order chi connectivity index (χ0) is 34.4. The fraction of sp³-hybridized carbons (Fsp3) is 0. The lowest BCUT2D eigenvalue weighted by atomic mass is 9.94. The first-order valence-electron chi connectivity index (χ1n) is 17.8. The van der Waals surface area contributed by atoms with E-state index < -0.39 is 0 Å². The van der Waals surface area contributed by atoms with Crippen LogP contribution >= 0.6 is 0 Å². The average Bonchev–Trinajstić information content (AvgIpc) is 3.62. The third-order valence-electron chi connectivity index (χ3n) is 10.3. The SMILES string of the molecule is c1ccc(-c2ccccc2-c2ccc(N(c3cccc4ccc5ccccc5c34)c3ccc(-c4ccccc4)c4oc5ccccc5c34)cc2)cc1. The highest BCUT2D eigenvalue weighted by atomic mass is 16.3. The van der Waals surface area contributed by atoms with E-state index in [1.54, 1.807) is 0 Å². The average molecular weight is 664 g/mol. The van der Waals surface area contributed by atoms with Crippen molar-refractivity contribution in [2.45, 2.75) is 0 Å². The molecule has 244 valence electrons. The molecule has 0 radical (unpaired) electrons. The van der Waals surface area contributed by atoms with Gasteiger partial charge in [-0.3, -0.25) is 0 Å². The first-order valence-corrected chi connectivity index (χ1v) is 17.8. The molecule has 0 atom stereocenters. The van der Waals surface area contributed by atoms with Gasteiger partial charge in [-0.25, -0.2) is 0 Å². The van der Waals surface area contributed by atoms with Crippen LogP contribution in [-0.2, 0) is 0 Å². The van der Waals surface area contributed by atoms with Crippen molar-refractivity contribution in [1.82, 2.24) is 0 Å². The summed E-state index contributed by atoms with van der Waals surface area (Å²) in [5, 5.41) is 7.04. The molecule has 0 N–H and O–H groups in total. The fourth-order valence-corrected chi connectivity index (χ4v) is 7.87. The second kappa shape index (κ2) is 12.5. The van der Waals surface area contributed by atoms with Gasteiger partial charge in [0.1, 0.15) is 11.2 Å². The minimum atomic E-state index is 0.873. The Morgan fingerprint density at radius 2 is 0.885 bits per heavy atom. The lowest BCUT2D eigenvalue weighted by Crippen LogP contribution is -2.11. The number of nitrogens with zero attached hydrogens (tertiary/aromatic N) is 1. The molecular weight excluding hydrogens is 631 g/mol. The second-order valence-corrected chi connectivity index (χ2v) is 13.3. The van der Waals surface area contributed by atoms with Gasteiger partial charge >= 0.3 is 0 Å². The van der Waals surface area contributed by atoms with Gasteiger partial charge in [0.15, 0.2) is 0 Å². The zero-order valence-electron chi connectivity index (χ0n) is 28.4. The van der Waals surface area contributed by atoms with E-state index in [-0.39, 0.29) is 0 Å². The van der Waals surface area contributed by atoms with Crippen LogP contribution in [-0.4, -0.2) is 0 Å². The first-order chi connectivity index (χ1) is 25.8. The predicted octanol–water partition coefficient (Wildman–Crippen LogP) is 14.4. The van der Waals surface area contributed by atoms with E-state index in [4.69, 9.17) is 4.42 Å². The van der Waals surface area contributed by atoms with E-state index in [0.717, 1.165) is 50.1 Å². The highest BCUT2D eigenvalue weighted by Crippen LogP contribution is 2.48. The monoisotopic (exact) mass is 663 g/mol. The van der Waals surface area contributed by atoms with Gasteiger partial charge in [-0.05, 0) is 80.4 Å². The predicted molar refractivity (Wildman–Crippen MR) is 220 cm³/mol. The normalized spacial score (nSPS) is 11.5. The van der Waals surface area contributed by atoms with E-state index in [2.05, 4.69) is 199 Å². The smallest absolute Gasteiger partial charge is 0.145 e. The highest BCUT2D eigenvalue weighted by molar-refractivity contribution is 6.20. The van der Waals surface area contributed by atoms with E-state index in [1.807, 2.05) is 6.07 Å². The number of furan rings is 1. The van der Waals surface area contributed by atoms with Crippen molar-refractivity contribution in [3.05, 3.63) is 200 Å². The molecule has 1 heterocycles. The minimum Gasteiger partial charge on any atom is -0.455 e. The van der Waals surface area contributed by atoms with Crippen LogP contribution in [0.25, 0.3) is 76.9 Å². The van der Waals surface area contributed by atoms with Crippen molar-refractivity contribution in [2.24, 2.45) is 0 Å². The summed E-state index contributed by atoms with van der Waals surface area (Å²) in [6.07, 6.45) is 0. The molecule has 10 aromatic rings. The van der Waals surface area contributed by atoms with Crippen LogP contribution in [0, 0.1) is 0 Å². The van der Waals surface area contributed by atoms with Crippen LogP contribution in [0.1, 0.15) is 0 Å². The van der Waals surface area contributed by atoms with Crippen LogP contribution in [0.2, 0.25) is 0 Å². The maximum absolute atomic E-state index is 6.76. The Morgan fingerprint density at radius 1 is 0.327 bits per heavy atom. The Labute approximate surface area is 302 Å². The standard InChI is InChI=1S/C50H33NO/c1-3-14-34(15-4-1)40-20-9-10-21-41(40)37-28-30-39(31-29-37)51(45-24-13-19-38-27-26-36-18-7-8-22-42(36)48(38)45)46-33-32-43(35-16-5-2-6-17-35)50-49(46)44-23-11-12-25-47(44)52-50/h1-33H. The number of benzene rings is 9. The van der Waals surface area contributed by atoms with Gasteiger partial charge in [-0.1, -0.05) is 164 Å².